The summed E-state index contributed by atoms with van der Waals surface area (Å²) in [5.74, 6) is 1.53. The molecule has 0 fully saturated rings. The Labute approximate surface area is 115 Å². The van der Waals surface area contributed by atoms with Crippen LogP contribution in [-0.2, 0) is 5.41 Å². The van der Waals surface area contributed by atoms with E-state index in [1.165, 1.54) is 5.56 Å². The molecule has 2 N–H and O–H groups in total. The molecule has 2 aromatic carbocycles. The van der Waals surface area contributed by atoms with E-state index >= 15 is 0 Å². The Balaban J connectivity index is 2.29. The second-order valence-electron chi connectivity index (χ2n) is 5.92. The van der Waals surface area contributed by atoms with Gasteiger partial charge in [0.1, 0.15) is 11.5 Å². The lowest BCUT2D eigenvalue weighted by Gasteiger charge is -2.20. The fourth-order valence-electron chi connectivity index (χ4n) is 1.91. The first-order valence-electron chi connectivity index (χ1n) is 6.51. The van der Waals surface area contributed by atoms with Crippen molar-refractivity contribution in [3.05, 3.63) is 53.6 Å². The molecule has 100 valence electrons. The maximum absolute atomic E-state index is 5.97. The number of benzene rings is 2. The second-order valence-corrected chi connectivity index (χ2v) is 5.92. The molecular formula is C17H21NO. The maximum Gasteiger partial charge on any atom is 0.150 e. The van der Waals surface area contributed by atoms with Crippen LogP contribution in [0.15, 0.2) is 42.5 Å². The van der Waals surface area contributed by atoms with E-state index < -0.39 is 0 Å². The Morgan fingerprint density at radius 1 is 1.00 bits per heavy atom. The quantitative estimate of drug-likeness (QED) is 0.792. The molecule has 2 aromatic rings. The molecule has 0 unspecified atom stereocenters. The highest BCUT2D eigenvalue weighted by atomic mass is 16.5. The average molecular weight is 255 g/mol. The molecule has 0 heterocycles. The molecule has 2 heteroatoms. The van der Waals surface area contributed by atoms with Crippen molar-refractivity contribution in [2.75, 3.05) is 5.73 Å². The van der Waals surface area contributed by atoms with Crippen molar-refractivity contribution in [2.24, 2.45) is 0 Å². The van der Waals surface area contributed by atoms with E-state index in [4.69, 9.17) is 10.5 Å². The van der Waals surface area contributed by atoms with E-state index in [0.29, 0.717) is 11.4 Å². The lowest BCUT2D eigenvalue weighted by molar-refractivity contribution is 0.480. The van der Waals surface area contributed by atoms with Gasteiger partial charge in [0.2, 0.25) is 0 Å². The largest absolute Gasteiger partial charge is 0.455 e. The Bertz CT molecular complexity index is 582. The van der Waals surface area contributed by atoms with Crippen LogP contribution in [0.3, 0.4) is 0 Å². The molecule has 0 spiro atoms. The van der Waals surface area contributed by atoms with Crippen molar-refractivity contribution in [3.63, 3.8) is 0 Å². The summed E-state index contributed by atoms with van der Waals surface area (Å²) in [6.07, 6.45) is 0. The van der Waals surface area contributed by atoms with Crippen LogP contribution in [0.1, 0.15) is 31.9 Å². The number of anilines is 1. The van der Waals surface area contributed by atoms with Crippen molar-refractivity contribution in [1.82, 2.24) is 0 Å². The zero-order valence-corrected chi connectivity index (χ0v) is 12.0. The summed E-state index contributed by atoms with van der Waals surface area (Å²) in [4.78, 5) is 0. The maximum atomic E-state index is 5.97. The molecule has 0 saturated heterocycles. The molecule has 0 bridgehead atoms. The van der Waals surface area contributed by atoms with Gasteiger partial charge in [0.25, 0.3) is 0 Å². The average Bonchev–Trinajstić information content (AvgIpc) is 2.32. The monoisotopic (exact) mass is 255 g/mol. The summed E-state index contributed by atoms with van der Waals surface area (Å²) in [6, 6.07) is 14.0. The Hall–Kier alpha value is -1.96. The first-order valence-corrected chi connectivity index (χ1v) is 6.51. The van der Waals surface area contributed by atoms with Gasteiger partial charge in [0.05, 0.1) is 5.69 Å². The van der Waals surface area contributed by atoms with Gasteiger partial charge in [-0.05, 0) is 47.7 Å². The number of aryl methyl sites for hydroxylation is 1. The van der Waals surface area contributed by atoms with E-state index in [2.05, 4.69) is 32.9 Å². The van der Waals surface area contributed by atoms with Crippen molar-refractivity contribution in [3.8, 4) is 11.5 Å². The van der Waals surface area contributed by atoms with Gasteiger partial charge < -0.3 is 10.5 Å². The molecule has 2 rings (SSSR count). The highest BCUT2D eigenvalue weighted by molar-refractivity contribution is 5.55. The highest BCUT2D eigenvalue weighted by Gasteiger charge is 2.14. The molecular weight excluding hydrogens is 234 g/mol. The van der Waals surface area contributed by atoms with Crippen molar-refractivity contribution >= 4 is 5.69 Å². The zero-order valence-electron chi connectivity index (χ0n) is 12.0. The van der Waals surface area contributed by atoms with Gasteiger partial charge in [0.15, 0.2) is 0 Å². The number of nitrogen functional groups attached to an aromatic ring is 1. The third kappa shape index (κ3) is 3.28. The van der Waals surface area contributed by atoms with Gasteiger partial charge in [0, 0.05) is 0 Å². The molecule has 0 amide bonds. The summed E-state index contributed by atoms with van der Waals surface area (Å²) in [5, 5.41) is 0. The molecule has 0 radical (unpaired) electrons. The lowest BCUT2D eigenvalue weighted by Crippen LogP contribution is -2.10. The smallest absolute Gasteiger partial charge is 0.150 e. The first-order chi connectivity index (χ1) is 8.86. The van der Waals surface area contributed by atoms with Crippen LogP contribution in [0.5, 0.6) is 11.5 Å². The number of ether oxygens (including phenoxy) is 1. The van der Waals surface area contributed by atoms with Crippen LogP contribution >= 0.6 is 0 Å². The van der Waals surface area contributed by atoms with E-state index in [9.17, 15) is 0 Å². The van der Waals surface area contributed by atoms with Gasteiger partial charge in [-0.3, -0.25) is 0 Å². The molecule has 19 heavy (non-hydrogen) atoms. The summed E-state index contributed by atoms with van der Waals surface area (Å²) < 4.78 is 5.87. The summed E-state index contributed by atoms with van der Waals surface area (Å²) in [5.41, 5.74) is 9.12. The van der Waals surface area contributed by atoms with E-state index in [-0.39, 0.29) is 5.41 Å². The standard InChI is InChI=1S/C17H21NO/c1-12-8-9-16(15(18)10-12)19-14-7-5-6-13(11-14)17(2,3)4/h5-11H,18H2,1-4H3. The number of hydrogen-bond acceptors (Lipinski definition) is 2. The Morgan fingerprint density at radius 2 is 1.74 bits per heavy atom. The van der Waals surface area contributed by atoms with Gasteiger partial charge in [-0.15, -0.1) is 0 Å². The third-order valence-electron chi connectivity index (χ3n) is 3.09. The number of nitrogens with two attached hydrogens (primary N) is 1. The molecule has 2 nitrogen and oxygen atoms in total. The number of rotatable bonds is 2. The van der Waals surface area contributed by atoms with E-state index in [1.54, 1.807) is 0 Å². The summed E-state index contributed by atoms with van der Waals surface area (Å²) in [7, 11) is 0. The summed E-state index contributed by atoms with van der Waals surface area (Å²) >= 11 is 0. The third-order valence-corrected chi connectivity index (χ3v) is 3.09. The lowest BCUT2D eigenvalue weighted by atomic mass is 9.87. The van der Waals surface area contributed by atoms with Crippen LogP contribution in [-0.4, -0.2) is 0 Å². The fourth-order valence-corrected chi connectivity index (χ4v) is 1.91. The van der Waals surface area contributed by atoms with Crippen molar-refractivity contribution < 1.29 is 4.74 Å². The van der Waals surface area contributed by atoms with Crippen LogP contribution in [0.4, 0.5) is 5.69 Å². The predicted octanol–water partition coefficient (Wildman–Crippen LogP) is 4.67. The van der Waals surface area contributed by atoms with Gasteiger partial charge in [-0.2, -0.15) is 0 Å². The molecule has 0 aliphatic rings. The van der Waals surface area contributed by atoms with Crippen LogP contribution < -0.4 is 10.5 Å². The minimum absolute atomic E-state index is 0.109. The molecule has 0 atom stereocenters. The zero-order chi connectivity index (χ0) is 14.0. The van der Waals surface area contributed by atoms with Gasteiger partial charge in [-0.25, -0.2) is 0 Å². The first kappa shape index (κ1) is 13.5. The molecule has 0 aliphatic heterocycles. The second kappa shape index (κ2) is 4.96. The van der Waals surface area contributed by atoms with E-state index in [1.807, 2.05) is 37.3 Å². The normalized spacial score (nSPS) is 11.4. The molecule has 0 aromatic heterocycles. The Morgan fingerprint density at radius 3 is 2.37 bits per heavy atom. The molecule has 0 saturated carbocycles. The minimum Gasteiger partial charge on any atom is -0.455 e. The van der Waals surface area contributed by atoms with E-state index in [0.717, 1.165) is 11.3 Å². The van der Waals surface area contributed by atoms with Crippen LogP contribution in [0.2, 0.25) is 0 Å². The summed E-state index contributed by atoms with van der Waals surface area (Å²) in [6.45, 7) is 8.57. The van der Waals surface area contributed by atoms with Crippen molar-refractivity contribution in [2.45, 2.75) is 33.1 Å². The minimum atomic E-state index is 0.109. The Kier molecular flexibility index (Phi) is 3.52. The topological polar surface area (TPSA) is 35.2 Å². The van der Waals surface area contributed by atoms with Gasteiger partial charge in [-0.1, -0.05) is 39.0 Å². The predicted molar refractivity (Wildman–Crippen MR) is 80.8 cm³/mol. The SMILES string of the molecule is Cc1ccc(Oc2cccc(C(C)(C)C)c2)c(N)c1. The van der Waals surface area contributed by atoms with Gasteiger partial charge >= 0.3 is 0 Å². The van der Waals surface area contributed by atoms with Crippen LogP contribution in [0.25, 0.3) is 0 Å². The van der Waals surface area contributed by atoms with Crippen LogP contribution in [0, 0.1) is 6.92 Å². The molecule has 0 aliphatic carbocycles. The fraction of sp³-hybridized carbons (Fsp3) is 0.294. The number of hydrogen-bond donors (Lipinski definition) is 1. The highest BCUT2D eigenvalue weighted by Crippen LogP contribution is 2.31. The van der Waals surface area contributed by atoms with Crippen molar-refractivity contribution in [1.29, 1.82) is 0 Å².